The van der Waals surface area contributed by atoms with Gasteiger partial charge >= 0.3 is 0 Å². The molecule has 8 nitrogen and oxygen atoms in total. The number of aromatic nitrogens is 2. The lowest BCUT2D eigenvalue weighted by Gasteiger charge is -2.09. The van der Waals surface area contributed by atoms with Gasteiger partial charge in [0.05, 0.1) is 6.54 Å². The van der Waals surface area contributed by atoms with Crippen LogP contribution in [0.2, 0.25) is 0 Å². The molecule has 0 unspecified atom stereocenters. The van der Waals surface area contributed by atoms with E-state index in [-0.39, 0.29) is 16.1 Å². The molecule has 0 aliphatic carbocycles. The number of rotatable bonds is 6. The van der Waals surface area contributed by atoms with Gasteiger partial charge in [-0.1, -0.05) is 18.2 Å². The summed E-state index contributed by atoms with van der Waals surface area (Å²) in [5, 5.41) is 0. The van der Waals surface area contributed by atoms with Gasteiger partial charge in [0.2, 0.25) is 0 Å². The fourth-order valence-electron chi connectivity index (χ4n) is 2.61. The van der Waals surface area contributed by atoms with Crippen LogP contribution in [-0.2, 0) is 23.6 Å². The van der Waals surface area contributed by atoms with E-state index in [0.717, 1.165) is 5.56 Å². The van der Waals surface area contributed by atoms with Crippen molar-refractivity contribution in [1.29, 1.82) is 0 Å². The summed E-state index contributed by atoms with van der Waals surface area (Å²) in [6.07, 6.45) is 3.00. The first kappa shape index (κ1) is 18.5. The summed E-state index contributed by atoms with van der Waals surface area (Å²) >= 11 is 0. The summed E-state index contributed by atoms with van der Waals surface area (Å²) < 4.78 is 30.3. The lowest BCUT2D eigenvalue weighted by molar-refractivity contribution is 0.0992. The molecule has 3 aromatic rings. The van der Waals surface area contributed by atoms with Gasteiger partial charge in [-0.05, 0) is 29.8 Å². The summed E-state index contributed by atoms with van der Waals surface area (Å²) in [5.41, 5.74) is 6.41. The molecular formula is C18H18N4O4S. The lowest BCUT2D eigenvalue weighted by Crippen LogP contribution is -2.18. The molecule has 2 heterocycles. The predicted molar refractivity (Wildman–Crippen MR) is 101 cm³/mol. The molecule has 0 fully saturated rings. The van der Waals surface area contributed by atoms with E-state index in [1.807, 2.05) is 0 Å². The highest BCUT2D eigenvalue weighted by Crippen LogP contribution is 2.19. The van der Waals surface area contributed by atoms with Gasteiger partial charge in [-0.2, -0.15) is 0 Å². The van der Waals surface area contributed by atoms with E-state index in [2.05, 4.69) is 4.72 Å². The number of hydrogen-bond donors (Lipinski definition) is 2. The predicted octanol–water partition coefficient (Wildman–Crippen LogP) is 1.13. The SMILES string of the molecule is Cn1cc(S(=O)(=O)Nc2ccc(Cn3ccccc3=O)cc2)cc1C(N)=O. The number of anilines is 1. The Hall–Kier alpha value is -3.33. The lowest BCUT2D eigenvalue weighted by atomic mass is 10.2. The van der Waals surface area contributed by atoms with Gasteiger partial charge < -0.3 is 14.9 Å². The number of nitrogens with zero attached hydrogens (tertiary/aromatic N) is 2. The highest BCUT2D eigenvalue weighted by Gasteiger charge is 2.19. The molecule has 1 aromatic carbocycles. The third-order valence-electron chi connectivity index (χ3n) is 4.00. The second-order valence-electron chi connectivity index (χ2n) is 6.01. The minimum absolute atomic E-state index is 0.0567. The van der Waals surface area contributed by atoms with Crippen LogP contribution in [0.1, 0.15) is 16.1 Å². The van der Waals surface area contributed by atoms with Crippen molar-refractivity contribution in [3.05, 3.63) is 82.5 Å². The number of nitrogens with one attached hydrogen (secondary N) is 1. The molecule has 0 atom stereocenters. The van der Waals surface area contributed by atoms with Gasteiger partial charge in [0.15, 0.2) is 0 Å². The minimum atomic E-state index is -3.86. The van der Waals surface area contributed by atoms with Crippen LogP contribution >= 0.6 is 0 Å². The number of benzene rings is 1. The number of amides is 1. The molecular weight excluding hydrogens is 368 g/mol. The molecule has 0 radical (unpaired) electrons. The van der Waals surface area contributed by atoms with E-state index >= 15 is 0 Å². The number of carbonyl (C=O) groups excluding carboxylic acids is 1. The van der Waals surface area contributed by atoms with E-state index in [9.17, 15) is 18.0 Å². The van der Waals surface area contributed by atoms with Gasteiger partial charge in [-0.15, -0.1) is 0 Å². The van der Waals surface area contributed by atoms with E-state index in [0.29, 0.717) is 12.2 Å². The van der Waals surface area contributed by atoms with Gasteiger partial charge in [0.25, 0.3) is 21.5 Å². The highest BCUT2D eigenvalue weighted by atomic mass is 32.2. The Balaban J connectivity index is 1.78. The second-order valence-corrected chi connectivity index (χ2v) is 7.69. The second kappa shape index (κ2) is 7.12. The van der Waals surface area contributed by atoms with Crippen LogP contribution in [0.15, 0.2) is 70.6 Å². The minimum Gasteiger partial charge on any atom is -0.364 e. The Morgan fingerprint density at radius 3 is 2.44 bits per heavy atom. The zero-order valence-electron chi connectivity index (χ0n) is 14.5. The molecule has 0 aliphatic heterocycles. The van der Waals surface area contributed by atoms with Crippen molar-refractivity contribution in [2.45, 2.75) is 11.4 Å². The van der Waals surface area contributed by atoms with Crippen LogP contribution in [0, 0.1) is 0 Å². The number of nitrogens with two attached hydrogens (primary N) is 1. The Morgan fingerprint density at radius 2 is 1.85 bits per heavy atom. The fraction of sp³-hybridized carbons (Fsp3) is 0.111. The summed E-state index contributed by atoms with van der Waals surface area (Å²) in [4.78, 5) is 23.0. The fourth-order valence-corrected chi connectivity index (χ4v) is 3.73. The number of carbonyl (C=O) groups is 1. The van der Waals surface area contributed by atoms with Crippen molar-refractivity contribution in [2.24, 2.45) is 12.8 Å². The zero-order chi connectivity index (χ0) is 19.6. The first-order valence-corrected chi connectivity index (χ1v) is 9.48. The van der Waals surface area contributed by atoms with Gasteiger partial charge in [-0.25, -0.2) is 8.42 Å². The standard InChI is InChI=1S/C18H18N4O4S/c1-21-12-15(10-16(21)18(19)24)27(25,26)20-14-7-5-13(6-8-14)11-22-9-3-2-4-17(22)23/h2-10,12,20H,11H2,1H3,(H2,19,24). The van der Waals surface area contributed by atoms with Crippen LogP contribution in [0.4, 0.5) is 5.69 Å². The molecule has 9 heteroatoms. The van der Waals surface area contributed by atoms with Crippen LogP contribution in [0.5, 0.6) is 0 Å². The van der Waals surface area contributed by atoms with Crippen molar-refractivity contribution in [3.63, 3.8) is 0 Å². The Labute approximate surface area is 155 Å². The molecule has 0 aliphatic rings. The van der Waals surface area contributed by atoms with Gasteiger partial charge in [0.1, 0.15) is 10.6 Å². The topological polar surface area (TPSA) is 116 Å². The first-order valence-electron chi connectivity index (χ1n) is 8.00. The largest absolute Gasteiger partial charge is 0.364 e. The molecule has 140 valence electrons. The zero-order valence-corrected chi connectivity index (χ0v) is 15.3. The van der Waals surface area contributed by atoms with Gasteiger partial charge in [0, 0.05) is 31.2 Å². The molecule has 0 spiro atoms. The number of pyridine rings is 1. The summed E-state index contributed by atoms with van der Waals surface area (Å²) in [7, 11) is -2.32. The molecule has 3 rings (SSSR count). The van der Waals surface area contributed by atoms with Crippen LogP contribution in [0.3, 0.4) is 0 Å². The Morgan fingerprint density at radius 1 is 1.15 bits per heavy atom. The monoisotopic (exact) mass is 386 g/mol. The molecule has 2 aromatic heterocycles. The normalized spacial score (nSPS) is 11.3. The number of primary amides is 1. The van der Waals surface area contributed by atoms with E-state index in [4.69, 9.17) is 5.73 Å². The maximum Gasteiger partial charge on any atom is 0.265 e. The average Bonchev–Trinajstić information content (AvgIpc) is 3.01. The maximum atomic E-state index is 12.5. The van der Waals surface area contributed by atoms with Crippen LogP contribution in [0.25, 0.3) is 0 Å². The average molecular weight is 386 g/mol. The van der Waals surface area contributed by atoms with Crippen molar-refractivity contribution < 1.29 is 13.2 Å². The van der Waals surface area contributed by atoms with Crippen molar-refractivity contribution in [2.75, 3.05) is 4.72 Å². The summed E-state index contributed by atoms with van der Waals surface area (Å²) in [6.45, 7) is 0.382. The molecule has 0 saturated heterocycles. The maximum absolute atomic E-state index is 12.5. The summed E-state index contributed by atoms with van der Waals surface area (Å²) in [5.74, 6) is -0.709. The number of sulfonamides is 1. The molecule has 1 amide bonds. The Bertz CT molecular complexity index is 1140. The smallest absolute Gasteiger partial charge is 0.265 e. The molecule has 0 bridgehead atoms. The first-order chi connectivity index (χ1) is 12.8. The van der Waals surface area contributed by atoms with E-state index in [1.165, 1.54) is 22.9 Å². The third kappa shape index (κ3) is 4.09. The molecule has 3 N–H and O–H groups in total. The summed E-state index contributed by atoms with van der Waals surface area (Å²) in [6, 6.07) is 12.8. The third-order valence-corrected chi connectivity index (χ3v) is 5.35. The number of aryl methyl sites for hydroxylation is 1. The highest BCUT2D eigenvalue weighted by molar-refractivity contribution is 7.92. The van der Waals surface area contributed by atoms with Crippen molar-refractivity contribution in [3.8, 4) is 0 Å². The molecule has 27 heavy (non-hydrogen) atoms. The van der Waals surface area contributed by atoms with Crippen LogP contribution in [-0.4, -0.2) is 23.5 Å². The molecule has 0 saturated carbocycles. The Kier molecular flexibility index (Phi) is 4.87. The number of hydrogen-bond acceptors (Lipinski definition) is 4. The van der Waals surface area contributed by atoms with E-state index in [1.54, 1.807) is 54.2 Å². The quantitative estimate of drug-likeness (QED) is 0.661. The van der Waals surface area contributed by atoms with Crippen molar-refractivity contribution in [1.82, 2.24) is 9.13 Å². The van der Waals surface area contributed by atoms with E-state index < -0.39 is 15.9 Å². The van der Waals surface area contributed by atoms with Gasteiger partial charge in [-0.3, -0.25) is 14.3 Å². The van der Waals surface area contributed by atoms with Crippen molar-refractivity contribution >= 4 is 21.6 Å². The van der Waals surface area contributed by atoms with Crippen LogP contribution < -0.4 is 16.0 Å².